The number of esters is 1. The minimum Gasteiger partial charge on any atom is -0.477 e. The Balaban J connectivity index is 2.04. The molecule has 0 unspecified atom stereocenters. The smallest absolute Gasteiger partial charge is 0.355 e. The van der Waals surface area contributed by atoms with E-state index < -0.39 is 27.3 Å². The van der Waals surface area contributed by atoms with Crippen LogP contribution in [0, 0.1) is 0 Å². The zero-order valence-corrected chi connectivity index (χ0v) is 20.8. The van der Waals surface area contributed by atoms with Gasteiger partial charge in [0.15, 0.2) is 9.84 Å². The van der Waals surface area contributed by atoms with Crippen molar-refractivity contribution in [2.24, 2.45) is 0 Å². The van der Waals surface area contributed by atoms with Crippen LogP contribution in [0.2, 0.25) is 5.02 Å². The van der Waals surface area contributed by atoms with Crippen LogP contribution in [0.5, 0.6) is 0 Å². The number of rotatable bonds is 6. The lowest BCUT2D eigenvalue weighted by atomic mass is 10.0. The van der Waals surface area contributed by atoms with E-state index in [2.05, 4.69) is 0 Å². The van der Waals surface area contributed by atoms with Crippen molar-refractivity contribution in [2.75, 3.05) is 13.4 Å². The van der Waals surface area contributed by atoms with Crippen molar-refractivity contribution >= 4 is 55.5 Å². The second kappa shape index (κ2) is 9.29. The van der Waals surface area contributed by atoms with Crippen molar-refractivity contribution in [3.8, 4) is 10.4 Å². The van der Waals surface area contributed by atoms with Crippen LogP contribution in [0.3, 0.4) is 0 Å². The van der Waals surface area contributed by atoms with Crippen LogP contribution in [0.1, 0.15) is 25.7 Å². The maximum absolute atomic E-state index is 13.5. The topological polar surface area (TPSA) is 120 Å². The molecule has 0 fully saturated rings. The summed E-state index contributed by atoms with van der Waals surface area (Å²) in [5, 5.41) is 10.4. The van der Waals surface area contributed by atoms with E-state index >= 15 is 0 Å². The fourth-order valence-corrected chi connectivity index (χ4v) is 5.45. The molecule has 2 heterocycles. The largest absolute Gasteiger partial charge is 0.477 e. The molecular weight excluding hydrogens is 514 g/mol. The molecule has 35 heavy (non-hydrogen) atoms. The summed E-state index contributed by atoms with van der Waals surface area (Å²) in [7, 11) is -2.23. The van der Waals surface area contributed by atoms with E-state index in [0.717, 1.165) is 17.6 Å². The number of carbonyl (C=O) groups excluding carboxylic acids is 1. The van der Waals surface area contributed by atoms with E-state index in [1.54, 1.807) is 36.4 Å². The molecule has 0 aliphatic rings. The van der Waals surface area contributed by atoms with Crippen molar-refractivity contribution in [3.63, 3.8) is 0 Å². The average molecular weight is 532 g/mol. The van der Waals surface area contributed by atoms with Gasteiger partial charge >= 0.3 is 11.9 Å². The molecule has 0 bridgehead atoms. The Kier molecular flexibility index (Phi) is 6.54. The third-order valence-electron chi connectivity index (χ3n) is 5.37. The summed E-state index contributed by atoms with van der Waals surface area (Å²) in [6.07, 6.45) is 1.09. The standard InChI is InChI=1S/C24H18ClNO7S2/c1-33-24(30)21-20(18-9-10-19(34-18)23(28)29)17-11-14(25)5-8-16(17)22(27)26(21)12-13-3-6-15(7-4-13)35(2,31)32/h3-11H,12H2,1-2H3,(H,28,29). The van der Waals surface area contributed by atoms with E-state index in [1.165, 1.54) is 29.9 Å². The molecule has 0 amide bonds. The highest BCUT2D eigenvalue weighted by atomic mass is 35.5. The van der Waals surface area contributed by atoms with Crippen LogP contribution in [-0.2, 0) is 21.1 Å². The minimum atomic E-state index is -3.41. The number of carboxylic acids is 1. The zero-order chi connectivity index (χ0) is 25.5. The fourth-order valence-electron chi connectivity index (χ4n) is 3.74. The van der Waals surface area contributed by atoms with Gasteiger partial charge in [0.05, 0.1) is 18.6 Å². The number of hydrogen-bond donors (Lipinski definition) is 1. The van der Waals surface area contributed by atoms with Crippen molar-refractivity contribution in [3.05, 3.63) is 86.1 Å². The van der Waals surface area contributed by atoms with Crippen LogP contribution < -0.4 is 5.56 Å². The minimum absolute atomic E-state index is 0.0557. The van der Waals surface area contributed by atoms with Crippen LogP contribution >= 0.6 is 22.9 Å². The molecule has 0 aliphatic carbocycles. The van der Waals surface area contributed by atoms with Crippen molar-refractivity contribution in [1.82, 2.24) is 4.57 Å². The van der Waals surface area contributed by atoms with Gasteiger partial charge in [-0.3, -0.25) is 9.36 Å². The second-order valence-electron chi connectivity index (χ2n) is 7.68. The first-order valence-electron chi connectivity index (χ1n) is 10.1. The maximum Gasteiger partial charge on any atom is 0.355 e. The number of fused-ring (bicyclic) bond motifs is 1. The number of carbonyl (C=O) groups is 2. The lowest BCUT2D eigenvalue weighted by molar-refractivity contribution is 0.0588. The summed E-state index contributed by atoms with van der Waals surface area (Å²) >= 11 is 7.16. The average Bonchev–Trinajstić information content (AvgIpc) is 3.30. The summed E-state index contributed by atoms with van der Waals surface area (Å²) < 4.78 is 29.8. The number of methoxy groups -OCH3 is 1. The summed E-state index contributed by atoms with van der Waals surface area (Å²) in [6.45, 7) is -0.0595. The summed E-state index contributed by atoms with van der Waals surface area (Å²) in [5.74, 6) is -1.92. The lowest BCUT2D eigenvalue weighted by Crippen LogP contribution is -2.28. The zero-order valence-electron chi connectivity index (χ0n) is 18.4. The molecule has 0 radical (unpaired) electrons. The highest BCUT2D eigenvalue weighted by Crippen LogP contribution is 2.37. The molecule has 180 valence electrons. The van der Waals surface area contributed by atoms with E-state index in [1.807, 2.05) is 0 Å². The van der Waals surface area contributed by atoms with Crippen LogP contribution in [0.4, 0.5) is 0 Å². The Morgan fingerprint density at radius 3 is 2.31 bits per heavy atom. The third kappa shape index (κ3) is 4.72. The van der Waals surface area contributed by atoms with Crippen molar-refractivity contribution < 1.29 is 27.9 Å². The Labute approximate surface area is 208 Å². The van der Waals surface area contributed by atoms with Gasteiger partial charge in [-0.1, -0.05) is 23.7 Å². The monoisotopic (exact) mass is 531 g/mol. The first-order valence-corrected chi connectivity index (χ1v) is 13.2. The molecule has 0 atom stereocenters. The van der Waals surface area contributed by atoms with Crippen molar-refractivity contribution in [1.29, 1.82) is 0 Å². The molecule has 11 heteroatoms. The summed E-state index contributed by atoms with van der Waals surface area (Å²) in [6, 6.07) is 13.6. The number of aromatic carboxylic acids is 1. The first kappa shape index (κ1) is 24.6. The van der Waals surface area contributed by atoms with Gasteiger partial charge < -0.3 is 9.84 Å². The molecule has 1 N–H and O–H groups in total. The number of ether oxygens (including phenoxy) is 1. The van der Waals surface area contributed by atoms with Gasteiger partial charge in [0.2, 0.25) is 0 Å². The van der Waals surface area contributed by atoms with Gasteiger partial charge in [0.1, 0.15) is 10.6 Å². The predicted molar refractivity (Wildman–Crippen MR) is 133 cm³/mol. The van der Waals surface area contributed by atoms with Crippen molar-refractivity contribution in [2.45, 2.75) is 11.4 Å². The second-order valence-corrected chi connectivity index (χ2v) is 11.2. The highest BCUT2D eigenvalue weighted by Gasteiger charge is 2.26. The number of halogens is 1. The lowest BCUT2D eigenvalue weighted by Gasteiger charge is -2.18. The van der Waals surface area contributed by atoms with Gasteiger partial charge in [-0.15, -0.1) is 11.3 Å². The molecule has 0 saturated carbocycles. The molecule has 2 aromatic carbocycles. The van der Waals surface area contributed by atoms with Crippen LogP contribution in [-0.4, -0.2) is 43.4 Å². The summed E-state index contributed by atoms with van der Waals surface area (Å²) in [4.78, 5) is 38.7. The third-order valence-corrected chi connectivity index (χ3v) is 7.82. The van der Waals surface area contributed by atoms with E-state index in [-0.39, 0.29) is 27.4 Å². The molecule has 2 aromatic heterocycles. The van der Waals surface area contributed by atoms with E-state index in [0.29, 0.717) is 26.4 Å². The molecule has 4 aromatic rings. The van der Waals surface area contributed by atoms with Gasteiger partial charge in [-0.25, -0.2) is 18.0 Å². The molecular formula is C24H18ClNO7S2. The Bertz CT molecular complexity index is 1650. The SMILES string of the molecule is COC(=O)c1c(-c2ccc(C(=O)O)s2)c2cc(Cl)ccc2c(=O)n1Cc1ccc(S(C)(=O)=O)cc1. The number of thiophene rings is 1. The number of benzene rings is 2. The van der Waals surface area contributed by atoms with Crippen LogP contribution in [0.15, 0.2) is 64.3 Å². The Morgan fingerprint density at radius 2 is 1.74 bits per heavy atom. The number of carboxylic acid groups (broad SMARTS) is 1. The van der Waals surface area contributed by atoms with E-state index in [4.69, 9.17) is 16.3 Å². The molecule has 4 rings (SSSR count). The normalized spacial score (nSPS) is 11.5. The van der Waals surface area contributed by atoms with Gasteiger partial charge in [0.25, 0.3) is 5.56 Å². The molecule has 0 spiro atoms. The Hall–Kier alpha value is -3.47. The number of hydrogen-bond acceptors (Lipinski definition) is 7. The van der Waals surface area contributed by atoms with Gasteiger partial charge in [0, 0.05) is 27.1 Å². The first-order chi connectivity index (χ1) is 16.5. The summed E-state index contributed by atoms with van der Waals surface area (Å²) in [5.41, 5.74) is 0.335. The van der Waals surface area contributed by atoms with Gasteiger partial charge in [-0.05, 0) is 53.4 Å². The fraction of sp³-hybridized carbons (Fsp3) is 0.125. The van der Waals surface area contributed by atoms with E-state index in [9.17, 15) is 27.9 Å². The van der Waals surface area contributed by atoms with Crippen LogP contribution in [0.25, 0.3) is 21.2 Å². The number of aromatic nitrogens is 1. The predicted octanol–water partition coefficient (Wildman–Crippen LogP) is 4.32. The number of sulfone groups is 1. The quantitative estimate of drug-likeness (QED) is 0.368. The highest BCUT2D eigenvalue weighted by molar-refractivity contribution is 7.90. The molecule has 0 aliphatic heterocycles. The number of pyridine rings is 1. The molecule has 8 nitrogen and oxygen atoms in total. The maximum atomic E-state index is 13.5. The Morgan fingerprint density at radius 1 is 1.06 bits per heavy atom. The number of nitrogens with zero attached hydrogens (tertiary/aromatic N) is 1. The van der Waals surface area contributed by atoms with Gasteiger partial charge in [-0.2, -0.15) is 0 Å². The molecule has 0 saturated heterocycles.